The van der Waals surface area contributed by atoms with Crippen LogP contribution in [0.1, 0.15) is 34.5 Å². The number of rotatable bonds is 4. The van der Waals surface area contributed by atoms with Crippen LogP contribution in [0, 0.1) is 13.8 Å². The highest BCUT2D eigenvalue weighted by molar-refractivity contribution is 7.16. The van der Waals surface area contributed by atoms with E-state index in [1.54, 1.807) is 17.5 Å². The Balaban J connectivity index is 1.58. The highest BCUT2D eigenvalue weighted by Gasteiger charge is 2.33. The normalized spacial score (nSPS) is 21.2. The summed E-state index contributed by atoms with van der Waals surface area (Å²) in [6.45, 7) is 5.67. The van der Waals surface area contributed by atoms with E-state index < -0.39 is 0 Å². The first-order valence-electron chi connectivity index (χ1n) is 8.17. The molecule has 1 aliphatic heterocycles. The van der Waals surface area contributed by atoms with E-state index in [9.17, 15) is 0 Å². The summed E-state index contributed by atoms with van der Waals surface area (Å²) < 4.78 is 7.98. The smallest absolute Gasteiger partial charge is 0.212 e. The van der Waals surface area contributed by atoms with Crippen molar-refractivity contribution in [3.63, 3.8) is 0 Å². The summed E-state index contributed by atoms with van der Waals surface area (Å²) in [5, 5.41) is 5.64. The maximum absolute atomic E-state index is 6.00. The number of hydrogen-bond donors (Lipinski definition) is 0. The molecule has 0 spiro atoms. The van der Waals surface area contributed by atoms with Crippen molar-refractivity contribution in [2.45, 2.75) is 39.0 Å². The fraction of sp³-hybridized carbons (Fsp3) is 0.471. The summed E-state index contributed by atoms with van der Waals surface area (Å²) in [6, 6.07) is 4.39. The molecule has 0 unspecified atom stereocenters. The molecule has 4 rings (SSSR count). The molecule has 0 amide bonds. The molecule has 1 saturated heterocycles. The molecular weight excluding hydrogens is 322 g/mol. The summed E-state index contributed by atoms with van der Waals surface area (Å²) in [6.07, 6.45) is 4.80. The molecule has 2 atom stereocenters. The maximum atomic E-state index is 6.00. The number of likely N-dealkylation sites (N-methyl/N-ethyl adjacent to an activating group) is 1. The zero-order valence-corrected chi connectivity index (χ0v) is 15.0. The van der Waals surface area contributed by atoms with Gasteiger partial charge >= 0.3 is 0 Å². The molecule has 4 heterocycles. The first kappa shape index (κ1) is 15.7. The van der Waals surface area contributed by atoms with E-state index in [0.717, 1.165) is 46.5 Å². The maximum Gasteiger partial charge on any atom is 0.212 e. The van der Waals surface area contributed by atoms with E-state index in [4.69, 9.17) is 4.74 Å². The average Bonchev–Trinajstić information content (AvgIpc) is 3.25. The summed E-state index contributed by atoms with van der Waals surface area (Å²) in [5.74, 6) is 0. The third-order valence-corrected chi connectivity index (χ3v) is 5.46. The van der Waals surface area contributed by atoms with Gasteiger partial charge in [-0.3, -0.25) is 9.88 Å². The van der Waals surface area contributed by atoms with Crippen molar-refractivity contribution in [3.8, 4) is 0 Å². The zero-order valence-electron chi connectivity index (χ0n) is 14.1. The van der Waals surface area contributed by atoms with Crippen LogP contribution >= 0.6 is 11.3 Å². The first-order chi connectivity index (χ1) is 11.6. The van der Waals surface area contributed by atoms with Crippen LogP contribution in [-0.4, -0.2) is 44.2 Å². The van der Waals surface area contributed by atoms with Crippen LogP contribution < -0.4 is 0 Å². The number of imidazole rings is 1. The molecule has 0 N–H and O–H groups in total. The number of nitrogens with zero attached hydrogens (tertiary/aromatic N) is 5. The van der Waals surface area contributed by atoms with Gasteiger partial charge in [-0.2, -0.15) is 5.10 Å². The van der Waals surface area contributed by atoms with Gasteiger partial charge in [0, 0.05) is 37.2 Å². The standard InChI is InChI=1S/C17H21N5OS/c1-11-15(22-17(19-11)24-12(2)20-22)10-21(3)14-6-8-23-16(14)13-5-4-7-18-9-13/h4-5,7,9,14,16H,6,8,10H2,1-3H3/t14-,16+/m0/s1. The Morgan fingerprint density at radius 2 is 2.29 bits per heavy atom. The first-order valence-corrected chi connectivity index (χ1v) is 8.98. The van der Waals surface area contributed by atoms with Crippen LogP contribution in [-0.2, 0) is 11.3 Å². The number of hydrogen-bond acceptors (Lipinski definition) is 6. The summed E-state index contributed by atoms with van der Waals surface area (Å²) in [5.41, 5.74) is 3.36. The van der Waals surface area contributed by atoms with E-state index >= 15 is 0 Å². The number of pyridine rings is 1. The monoisotopic (exact) mass is 343 g/mol. The minimum Gasteiger partial charge on any atom is -0.372 e. The van der Waals surface area contributed by atoms with Crippen molar-refractivity contribution in [1.82, 2.24) is 24.5 Å². The number of fused-ring (bicyclic) bond motifs is 1. The fourth-order valence-electron chi connectivity index (χ4n) is 3.41. The van der Waals surface area contributed by atoms with Crippen molar-refractivity contribution < 1.29 is 4.74 Å². The molecule has 0 radical (unpaired) electrons. The number of aryl methyl sites for hydroxylation is 2. The summed E-state index contributed by atoms with van der Waals surface area (Å²) in [7, 11) is 2.15. The summed E-state index contributed by atoms with van der Waals surface area (Å²) in [4.78, 5) is 12.2. The third kappa shape index (κ3) is 2.72. The molecular formula is C17H21N5OS. The molecule has 126 valence electrons. The lowest BCUT2D eigenvalue weighted by molar-refractivity contribution is 0.0664. The van der Waals surface area contributed by atoms with Gasteiger partial charge in [-0.15, -0.1) is 0 Å². The Kier molecular flexibility index (Phi) is 4.07. The van der Waals surface area contributed by atoms with Crippen LogP contribution in [0.3, 0.4) is 0 Å². The van der Waals surface area contributed by atoms with Crippen LogP contribution in [0.15, 0.2) is 24.5 Å². The van der Waals surface area contributed by atoms with Crippen LogP contribution in [0.5, 0.6) is 0 Å². The van der Waals surface area contributed by atoms with Crippen LogP contribution in [0.25, 0.3) is 4.96 Å². The predicted octanol–water partition coefficient (Wildman–Crippen LogP) is 2.76. The van der Waals surface area contributed by atoms with Gasteiger partial charge in [0.25, 0.3) is 0 Å². The number of aromatic nitrogens is 4. The van der Waals surface area contributed by atoms with Crippen molar-refractivity contribution >= 4 is 16.3 Å². The second-order valence-electron chi connectivity index (χ2n) is 6.31. The fourth-order valence-corrected chi connectivity index (χ4v) is 4.22. The van der Waals surface area contributed by atoms with Crippen LogP contribution in [0.2, 0.25) is 0 Å². The largest absolute Gasteiger partial charge is 0.372 e. The van der Waals surface area contributed by atoms with Gasteiger partial charge in [-0.05, 0) is 33.4 Å². The van der Waals surface area contributed by atoms with Crippen molar-refractivity contribution in [1.29, 1.82) is 0 Å². The lowest BCUT2D eigenvalue weighted by Gasteiger charge is -2.28. The molecule has 6 nitrogen and oxygen atoms in total. The van der Waals surface area contributed by atoms with Gasteiger partial charge in [0.15, 0.2) is 0 Å². The molecule has 0 saturated carbocycles. The van der Waals surface area contributed by atoms with Crippen LogP contribution in [0.4, 0.5) is 0 Å². The molecule has 0 bridgehead atoms. The molecule has 0 aromatic carbocycles. The Morgan fingerprint density at radius 1 is 1.42 bits per heavy atom. The lowest BCUT2D eigenvalue weighted by Crippen LogP contribution is -2.34. The number of ether oxygens (including phenoxy) is 1. The van der Waals surface area contributed by atoms with Gasteiger partial charge in [0.05, 0.1) is 17.5 Å². The SMILES string of the molecule is Cc1nn2c(CN(C)[C@H]3CCO[C@@H]3c3cccnc3)c(C)nc2s1. The second kappa shape index (κ2) is 6.23. The molecule has 0 aliphatic carbocycles. The minimum absolute atomic E-state index is 0.0737. The molecule has 7 heteroatoms. The molecule has 1 aliphatic rings. The van der Waals surface area contributed by atoms with Gasteiger partial charge in [-0.1, -0.05) is 17.4 Å². The van der Waals surface area contributed by atoms with Gasteiger partial charge in [0.1, 0.15) is 5.01 Å². The Labute approximate surface area is 145 Å². The second-order valence-corrected chi connectivity index (χ2v) is 7.47. The van der Waals surface area contributed by atoms with Crippen molar-refractivity contribution in [2.75, 3.05) is 13.7 Å². The minimum atomic E-state index is 0.0737. The highest BCUT2D eigenvalue weighted by atomic mass is 32.1. The molecule has 3 aromatic rings. The van der Waals surface area contributed by atoms with Gasteiger partial charge < -0.3 is 4.74 Å². The van der Waals surface area contributed by atoms with E-state index in [1.165, 1.54) is 0 Å². The van der Waals surface area contributed by atoms with E-state index in [0.29, 0.717) is 6.04 Å². The highest BCUT2D eigenvalue weighted by Crippen LogP contribution is 2.33. The molecule has 3 aromatic heterocycles. The van der Waals surface area contributed by atoms with Gasteiger partial charge in [-0.25, -0.2) is 9.50 Å². The predicted molar refractivity (Wildman–Crippen MR) is 93.1 cm³/mol. The Hall–Kier alpha value is -1.83. The Bertz CT molecular complexity index is 843. The van der Waals surface area contributed by atoms with Crippen molar-refractivity contribution in [2.24, 2.45) is 0 Å². The average molecular weight is 343 g/mol. The quantitative estimate of drug-likeness (QED) is 0.729. The lowest BCUT2D eigenvalue weighted by atomic mass is 10.0. The molecule has 1 fully saturated rings. The zero-order chi connectivity index (χ0) is 16.7. The Morgan fingerprint density at radius 3 is 3.08 bits per heavy atom. The topological polar surface area (TPSA) is 55.5 Å². The van der Waals surface area contributed by atoms with E-state index in [-0.39, 0.29) is 6.10 Å². The molecule has 24 heavy (non-hydrogen) atoms. The van der Waals surface area contributed by atoms with E-state index in [2.05, 4.69) is 40.0 Å². The van der Waals surface area contributed by atoms with Gasteiger partial charge in [0.2, 0.25) is 4.96 Å². The van der Waals surface area contributed by atoms with E-state index in [1.807, 2.05) is 23.7 Å². The third-order valence-electron chi connectivity index (χ3n) is 4.64. The van der Waals surface area contributed by atoms with Crippen molar-refractivity contribution in [3.05, 3.63) is 46.5 Å². The summed E-state index contributed by atoms with van der Waals surface area (Å²) >= 11 is 1.63.